The smallest absolute Gasteiger partial charge is 0.250 e. The molecule has 0 amide bonds. The molecule has 0 saturated carbocycles. The van der Waals surface area contributed by atoms with E-state index in [2.05, 4.69) is 20.2 Å². The molecule has 0 aromatic carbocycles. The van der Waals surface area contributed by atoms with Crippen molar-refractivity contribution in [1.29, 1.82) is 0 Å². The fourth-order valence-electron chi connectivity index (χ4n) is 1.02. The molecule has 6 nitrogen and oxygen atoms in total. The van der Waals surface area contributed by atoms with Gasteiger partial charge in [-0.1, -0.05) is 0 Å². The van der Waals surface area contributed by atoms with Gasteiger partial charge < -0.3 is 4.57 Å². The molecule has 0 aliphatic carbocycles. The van der Waals surface area contributed by atoms with Crippen LogP contribution in [0.1, 0.15) is 16.3 Å². The maximum Gasteiger partial charge on any atom is 0.250 e. The summed E-state index contributed by atoms with van der Waals surface area (Å²) in [5.74, 6) is -0.0244. The van der Waals surface area contributed by atoms with Gasteiger partial charge in [-0.3, -0.25) is 9.78 Å². The summed E-state index contributed by atoms with van der Waals surface area (Å²) in [5.41, 5.74) is 0.267. The van der Waals surface area contributed by atoms with Gasteiger partial charge in [-0.2, -0.15) is 0 Å². The van der Waals surface area contributed by atoms with Crippen LogP contribution in [-0.4, -0.2) is 30.5 Å². The van der Waals surface area contributed by atoms with E-state index >= 15 is 0 Å². The molecule has 0 spiro atoms. The Morgan fingerprint density at radius 2 is 2.29 bits per heavy atom. The molecule has 70 valence electrons. The molecule has 0 atom stereocenters. The Balaban J connectivity index is 2.39. The summed E-state index contributed by atoms with van der Waals surface area (Å²) in [6.45, 7) is 0. The Hall–Kier alpha value is -2.11. The van der Waals surface area contributed by atoms with Crippen molar-refractivity contribution < 1.29 is 4.79 Å². The number of nitrogens with zero attached hydrogens (tertiary/aromatic N) is 5. The molecule has 2 aromatic rings. The molecule has 0 aliphatic rings. The average molecular weight is 189 g/mol. The van der Waals surface area contributed by atoms with Crippen molar-refractivity contribution >= 4 is 5.78 Å². The molecule has 0 bridgehead atoms. The Bertz CT molecular complexity index is 450. The number of ketones is 1. The van der Waals surface area contributed by atoms with Crippen LogP contribution in [0.2, 0.25) is 0 Å². The third kappa shape index (κ3) is 1.37. The van der Waals surface area contributed by atoms with Crippen LogP contribution in [-0.2, 0) is 7.05 Å². The SMILES string of the molecule is Cn1cnnc1C(=O)c1cnccn1. The second kappa shape index (κ2) is 3.33. The zero-order valence-electron chi connectivity index (χ0n) is 7.45. The van der Waals surface area contributed by atoms with Crippen LogP contribution in [0.5, 0.6) is 0 Å². The summed E-state index contributed by atoms with van der Waals surface area (Å²) >= 11 is 0. The lowest BCUT2D eigenvalue weighted by Gasteiger charge is -1.97. The number of carbonyl (C=O) groups excluding carboxylic acids is 1. The third-order valence-corrected chi connectivity index (χ3v) is 1.71. The van der Waals surface area contributed by atoms with E-state index < -0.39 is 0 Å². The van der Waals surface area contributed by atoms with Crippen molar-refractivity contribution in [3.8, 4) is 0 Å². The largest absolute Gasteiger partial charge is 0.314 e. The van der Waals surface area contributed by atoms with Gasteiger partial charge in [0.25, 0.3) is 0 Å². The normalized spacial score (nSPS) is 10.1. The summed E-state index contributed by atoms with van der Waals surface area (Å²) in [5, 5.41) is 7.30. The third-order valence-electron chi connectivity index (χ3n) is 1.71. The predicted molar refractivity (Wildman–Crippen MR) is 46.5 cm³/mol. The van der Waals surface area contributed by atoms with Gasteiger partial charge in [0, 0.05) is 19.4 Å². The van der Waals surface area contributed by atoms with Gasteiger partial charge in [-0.25, -0.2) is 4.98 Å². The molecule has 0 N–H and O–H groups in total. The molecule has 0 saturated heterocycles. The molecule has 0 aliphatic heterocycles. The van der Waals surface area contributed by atoms with Crippen LogP contribution in [0.4, 0.5) is 0 Å². The van der Waals surface area contributed by atoms with Gasteiger partial charge >= 0.3 is 0 Å². The minimum absolute atomic E-state index is 0.255. The van der Waals surface area contributed by atoms with Crippen LogP contribution in [0.3, 0.4) is 0 Å². The maximum atomic E-state index is 11.7. The molecule has 0 unspecified atom stereocenters. The quantitative estimate of drug-likeness (QED) is 0.613. The van der Waals surface area contributed by atoms with Gasteiger partial charge in [0.05, 0.1) is 6.20 Å². The number of aromatic nitrogens is 5. The second-order valence-corrected chi connectivity index (χ2v) is 2.69. The van der Waals surface area contributed by atoms with E-state index in [1.54, 1.807) is 7.05 Å². The first-order valence-electron chi connectivity index (χ1n) is 3.94. The van der Waals surface area contributed by atoms with Gasteiger partial charge in [-0.15, -0.1) is 10.2 Å². The van der Waals surface area contributed by atoms with E-state index in [0.29, 0.717) is 0 Å². The number of aryl methyl sites for hydroxylation is 1. The van der Waals surface area contributed by atoms with Crippen LogP contribution in [0.15, 0.2) is 24.9 Å². The van der Waals surface area contributed by atoms with E-state index in [-0.39, 0.29) is 17.3 Å². The van der Waals surface area contributed by atoms with Crippen LogP contribution >= 0.6 is 0 Å². The number of hydrogen-bond donors (Lipinski definition) is 0. The Morgan fingerprint density at radius 1 is 1.43 bits per heavy atom. The second-order valence-electron chi connectivity index (χ2n) is 2.69. The molecule has 0 fully saturated rings. The average Bonchev–Trinajstić information content (AvgIpc) is 2.65. The summed E-state index contributed by atoms with van der Waals surface area (Å²) in [4.78, 5) is 19.4. The topological polar surface area (TPSA) is 73.6 Å². The first-order valence-corrected chi connectivity index (χ1v) is 3.94. The minimum atomic E-state index is -0.280. The highest BCUT2D eigenvalue weighted by atomic mass is 16.1. The first-order chi connectivity index (χ1) is 6.79. The molecular weight excluding hydrogens is 182 g/mol. The number of carbonyl (C=O) groups is 1. The maximum absolute atomic E-state index is 11.7. The molecular formula is C8H7N5O. The zero-order valence-corrected chi connectivity index (χ0v) is 7.45. The Labute approximate surface area is 79.6 Å². The predicted octanol–water partition coefficient (Wildman–Crippen LogP) is -0.164. The van der Waals surface area contributed by atoms with Crippen molar-refractivity contribution in [3.05, 3.63) is 36.4 Å². The van der Waals surface area contributed by atoms with Gasteiger partial charge in [0.2, 0.25) is 11.6 Å². The van der Waals surface area contributed by atoms with Crippen LogP contribution in [0, 0.1) is 0 Å². The highest BCUT2D eigenvalue weighted by molar-refractivity contribution is 6.04. The van der Waals surface area contributed by atoms with E-state index in [9.17, 15) is 4.79 Å². The summed E-state index contributed by atoms with van der Waals surface area (Å²) in [7, 11) is 1.70. The highest BCUT2D eigenvalue weighted by Gasteiger charge is 2.15. The summed E-state index contributed by atoms with van der Waals surface area (Å²) in [6, 6.07) is 0. The lowest BCUT2D eigenvalue weighted by atomic mass is 10.3. The van der Waals surface area contributed by atoms with E-state index in [1.807, 2.05) is 0 Å². The fourth-order valence-corrected chi connectivity index (χ4v) is 1.02. The number of rotatable bonds is 2. The van der Waals surface area contributed by atoms with Crippen LogP contribution in [0.25, 0.3) is 0 Å². The molecule has 2 rings (SSSR count). The standard InChI is InChI=1S/C8H7N5O/c1-13-5-11-12-8(13)7(14)6-4-9-2-3-10-6/h2-5H,1H3. The van der Waals surface area contributed by atoms with E-state index in [1.165, 1.54) is 29.5 Å². The first kappa shape index (κ1) is 8.49. The fraction of sp³-hybridized carbons (Fsp3) is 0.125. The van der Waals surface area contributed by atoms with Gasteiger partial charge in [0.15, 0.2) is 0 Å². The van der Waals surface area contributed by atoms with Crippen molar-refractivity contribution in [2.45, 2.75) is 0 Å². The summed E-state index contributed by atoms with van der Waals surface area (Å²) in [6.07, 6.45) is 5.83. The molecule has 0 radical (unpaired) electrons. The Morgan fingerprint density at radius 3 is 2.86 bits per heavy atom. The van der Waals surface area contributed by atoms with Gasteiger partial charge in [-0.05, 0) is 0 Å². The van der Waals surface area contributed by atoms with Crippen LogP contribution < -0.4 is 0 Å². The van der Waals surface area contributed by atoms with Gasteiger partial charge in [0.1, 0.15) is 12.0 Å². The van der Waals surface area contributed by atoms with Crippen molar-refractivity contribution in [2.75, 3.05) is 0 Å². The molecule has 6 heteroatoms. The van der Waals surface area contributed by atoms with Crippen molar-refractivity contribution in [3.63, 3.8) is 0 Å². The lowest BCUT2D eigenvalue weighted by Crippen LogP contribution is -2.10. The van der Waals surface area contributed by atoms with E-state index in [4.69, 9.17) is 0 Å². The van der Waals surface area contributed by atoms with Crippen molar-refractivity contribution in [1.82, 2.24) is 24.7 Å². The monoisotopic (exact) mass is 189 g/mol. The van der Waals surface area contributed by atoms with E-state index in [0.717, 1.165) is 0 Å². The van der Waals surface area contributed by atoms with Crippen molar-refractivity contribution in [2.24, 2.45) is 7.05 Å². The molecule has 2 heterocycles. The number of hydrogen-bond acceptors (Lipinski definition) is 5. The molecule has 2 aromatic heterocycles. The minimum Gasteiger partial charge on any atom is -0.314 e. The zero-order chi connectivity index (χ0) is 9.97. The lowest BCUT2D eigenvalue weighted by molar-refractivity contribution is 0.102. The highest BCUT2D eigenvalue weighted by Crippen LogP contribution is 2.01. The molecule has 14 heavy (non-hydrogen) atoms. The summed E-state index contributed by atoms with van der Waals surface area (Å²) < 4.78 is 1.54. The Kier molecular flexibility index (Phi) is 2.02.